The van der Waals surface area contributed by atoms with E-state index in [9.17, 15) is 18.0 Å². The van der Waals surface area contributed by atoms with Crippen LogP contribution in [0.2, 0.25) is 5.15 Å². The third-order valence-corrected chi connectivity index (χ3v) is 3.46. The fourth-order valence-electron chi connectivity index (χ4n) is 2.00. The fourth-order valence-corrected chi connectivity index (χ4v) is 2.10. The summed E-state index contributed by atoms with van der Waals surface area (Å²) >= 11 is 5.55. The molecular weight excluding hydrogens is 295 g/mol. The third kappa shape index (κ3) is 3.82. The zero-order valence-corrected chi connectivity index (χ0v) is 11.4. The fraction of sp³-hybridized carbons (Fsp3) is 0.583. The zero-order valence-electron chi connectivity index (χ0n) is 10.7. The lowest BCUT2D eigenvalue weighted by atomic mass is 10.1. The van der Waals surface area contributed by atoms with E-state index in [4.69, 9.17) is 11.6 Å². The van der Waals surface area contributed by atoms with Gasteiger partial charge in [0.15, 0.2) is 10.8 Å². The lowest BCUT2D eigenvalue weighted by molar-refractivity contribution is -0.144. The van der Waals surface area contributed by atoms with E-state index < -0.39 is 24.7 Å². The van der Waals surface area contributed by atoms with E-state index in [2.05, 4.69) is 10.2 Å². The Labute approximate surface area is 118 Å². The topological polar surface area (TPSA) is 46.1 Å². The van der Waals surface area contributed by atoms with Crippen LogP contribution in [0.1, 0.15) is 30.3 Å². The van der Waals surface area contributed by atoms with Gasteiger partial charge in [0, 0.05) is 6.04 Å². The second kappa shape index (κ2) is 5.55. The Kier molecular flexibility index (Phi) is 4.17. The van der Waals surface area contributed by atoms with Gasteiger partial charge < -0.3 is 4.90 Å². The van der Waals surface area contributed by atoms with Crippen LogP contribution >= 0.6 is 11.6 Å². The molecule has 1 aliphatic rings. The molecule has 1 aliphatic carbocycles. The van der Waals surface area contributed by atoms with Gasteiger partial charge in [-0.25, -0.2) is 0 Å². The predicted molar refractivity (Wildman–Crippen MR) is 66.3 cm³/mol. The summed E-state index contributed by atoms with van der Waals surface area (Å²) in [5, 5.41) is 7.12. The molecular formula is C12H13ClF3N3O. The number of aromatic nitrogens is 2. The van der Waals surface area contributed by atoms with Gasteiger partial charge in [0.05, 0.1) is 0 Å². The van der Waals surface area contributed by atoms with Gasteiger partial charge in [0.2, 0.25) is 0 Å². The molecule has 1 unspecified atom stereocenters. The van der Waals surface area contributed by atoms with Gasteiger partial charge in [0.25, 0.3) is 5.91 Å². The van der Waals surface area contributed by atoms with Crippen molar-refractivity contribution >= 4 is 17.5 Å². The lowest BCUT2D eigenvalue weighted by Crippen LogP contribution is -2.45. The van der Waals surface area contributed by atoms with Crippen LogP contribution in [0.15, 0.2) is 12.1 Å². The molecule has 1 aromatic rings. The standard InChI is InChI=1S/C12H13ClF3N3O/c1-7(8-2-3-8)19(6-12(14,15)16)11(20)9-4-5-10(13)18-17-9/h4-5,7-8H,2-3,6H2,1H3. The van der Waals surface area contributed by atoms with Crippen LogP contribution in [0.25, 0.3) is 0 Å². The van der Waals surface area contributed by atoms with Crippen molar-refractivity contribution in [2.24, 2.45) is 5.92 Å². The molecule has 1 saturated carbocycles. The average molecular weight is 308 g/mol. The maximum Gasteiger partial charge on any atom is 0.406 e. The number of carbonyl (C=O) groups excluding carboxylic acids is 1. The Morgan fingerprint density at radius 2 is 2.10 bits per heavy atom. The van der Waals surface area contributed by atoms with Crippen molar-refractivity contribution in [3.8, 4) is 0 Å². The SMILES string of the molecule is CC(C1CC1)N(CC(F)(F)F)C(=O)c1ccc(Cl)nn1. The molecule has 0 spiro atoms. The molecule has 2 rings (SSSR count). The minimum Gasteiger partial charge on any atom is -0.325 e. The number of amides is 1. The first-order chi connectivity index (χ1) is 9.28. The molecule has 0 saturated heterocycles. The first-order valence-corrected chi connectivity index (χ1v) is 6.52. The molecule has 4 nitrogen and oxygen atoms in total. The number of hydrogen-bond donors (Lipinski definition) is 0. The van der Waals surface area contributed by atoms with Crippen molar-refractivity contribution in [3.63, 3.8) is 0 Å². The smallest absolute Gasteiger partial charge is 0.325 e. The average Bonchev–Trinajstić information content (AvgIpc) is 3.18. The van der Waals surface area contributed by atoms with Crippen molar-refractivity contribution < 1.29 is 18.0 Å². The Hall–Kier alpha value is -1.37. The summed E-state index contributed by atoms with van der Waals surface area (Å²) in [7, 11) is 0. The summed E-state index contributed by atoms with van der Waals surface area (Å²) in [5.74, 6) is -0.646. The quantitative estimate of drug-likeness (QED) is 0.859. The lowest BCUT2D eigenvalue weighted by Gasteiger charge is -2.29. The Morgan fingerprint density at radius 3 is 2.55 bits per heavy atom. The molecule has 1 atom stereocenters. The van der Waals surface area contributed by atoms with E-state index in [1.807, 2.05) is 0 Å². The van der Waals surface area contributed by atoms with Crippen LogP contribution in [0.3, 0.4) is 0 Å². The zero-order chi connectivity index (χ0) is 14.9. The van der Waals surface area contributed by atoms with Crippen LogP contribution in [0, 0.1) is 5.92 Å². The summed E-state index contributed by atoms with van der Waals surface area (Å²) in [6.07, 6.45) is -2.76. The highest BCUT2D eigenvalue weighted by Crippen LogP contribution is 2.36. The Bertz CT molecular complexity index is 488. The molecule has 110 valence electrons. The van der Waals surface area contributed by atoms with Gasteiger partial charge in [-0.15, -0.1) is 10.2 Å². The predicted octanol–water partition coefficient (Wildman–Crippen LogP) is 2.93. The number of halogens is 4. The first kappa shape index (κ1) is 15.0. The molecule has 0 aliphatic heterocycles. The molecule has 20 heavy (non-hydrogen) atoms. The number of alkyl halides is 3. The molecule has 0 radical (unpaired) electrons. The van der Waals surface area contributed by atoms with E-state index in [-0.39, 0.29) is 16.8 Å². The van der Waals surface area contributed by atoms with E-state index in [1.54, 1.807) is 6.92 Å². The molecule has 0 aromatic carbocycles. The Balaban J connectivity index is 2.20. The van der Waals surface area contributed by atoms with Crippen molar-refractivity contribution in [1.29, 1.82) is 0 Å². The van der Waals surface area contributed by atoms with E-state index >= 15 is 0 Å². The first-order valence-electron chi connectivity index (χ1n) is 6.15. The summed E-state index contributed by atoms with van der Waals surface area (Å²) in [6, 6.07) is 2.14. The van der Waals surface area contributed by atoms with Crippen LogP contribution in [0.4, 0.5) is 13.2 Å². The maximum absolute atomic E-state index is 12.6. The molecule has 0 bridgehead atoms. The summed E-state index contributed by atoms with van der Waals surface area (Å²) in [6.45, 7) is 0.346. The number of nitrogens with zero attached hydrogens (tertiary/aromatic N) is 3. The van der Waals surface area contributed by atoms with Gasteiger partial charge in [-0.2, -0.15) is 13.2 Å². The summed E-state index contributed by atoms with van der Waals surface area (Å²) in [5.41, 5.74) is -0.133. The van der Waals surface area contributed by atoms with Crippen LogP contribution in [-0.2, 0) is 0 Å². The Morgan fingerprint density at radius 1 is 1.45 bits per heavy atom. The molecule has 1 aromatic heterocycles. The van der Waals surface area contributed by atoms with E-state index in [0.717, 1.165) is 17.7 Å². The van der Waals surface area contributed by atoms with Gasteiger partial charge in [-0.1, -0.05) is 11.6 Å². The van der Waals surface area contributed by atoms with Crippen LogP contribution in [-0.4, -0.2) is 39.8 Å². The summed E-state index contributed by atoms with van der Waals surface area (Å²) in [4.78, 5) is 13.0. The monoisotopic (exact) mass is 307 g/mol. The minimum atomic E-state index is -4.45. The van der Waals surface area contributed by atoms with Crippen molar-refractivity contribution in [2.45, 2.75) is 32.0 Å². The van der Waals surface area contributed by atoms with Crippen molar-refractivity contribution in [2.75, 3.05) is 6.54 Å². The molecule has 0 N–H and O–H groups in total. The third-order valence-electron chi connectivity index (χ3n) is 3.26. The van der Waals surface area contributed by atoms with Gasteiger partial charge in [0.1, 0.15) is 6.54 Å². The van der Waals surface area contributed by atoms with E-state index in [1.165, 1.54) is 12.1 Å². The number of carbonyl (C=O) groups is 1. The van der Waals surface area contributed by atoms with Gasteiger partial charge in [-0.3, -0.25) is 4.79 Å². The highest BCUT2D eigenvalue weighted by molar-refractivity contribution is 6.29. The summed E-state index contributed by atoms with van der Waals surface area (Å²) < 4.78 is 37.9. The highest BCUT2D eigenvalue weighted by atomic mass is 35.5. The normalized spacial score (nSPS) is 16.9. The van der Waals surface area contributed by atoms with Crippen molar-refractivity contribution in [3.05, 3.63) is 23.0 Å². The maximum atomic E-state index is 12.6. The number of rotatable bonds is 4. The van der Waals surface area contributed by atoms with Crippen molar-refractivity contribution in [1.82, 2.24) is 15.1 Å². The number of hydrogen-bond acceptors (Lipinski definition) is 3. The minimum absolute atomic E-state index is 0.0826. The van der Waals surface area contributed by atoms with Gasteiger partial charge >= 0.3 is 6.18 Å². The second-order valence-electron chi connectivity index (χ2n) is 4.87. The largest absolute Gasteiger partial charge is 0.406 e. The highest BCUT2D eigenvalue weighted by Gasteiger charge is 2.41. The van der Waals surface area contributed by atoms with Crippen LogP contribution in [0.5, 0.6) is 0 Å². The van der Waals surface area contributed by atoms with Gasteiger partial charge in [-0.05, 0) is 37.8 Å². The molecule has 1 amide bonds. The van der Waals surface area contributed by atoms with E-state index in [0.29, 0.717) is 0 Å². The second-order valence-corrected chi connectivity index (χ2v) is 5.25. The molecule has 1 fully saturated rings. The van der Waals surface area contributed by atoms with Crippen LogP contribution < -0.4 is 0 Å². The molecule has 1 heterocycles. The molecule has 8 heteroatoms.